The highest BCUT2D eigenvalue weighted by molar-refractivity contribution is 6.06. The first kappa shape index (κ1) is 22.1. The quantitative estimate of drug-likeness (QED) is 0.508. The zero-order valence-electron chi connectivity index (χ0n) is 17.9. The maximum absolute atomic E-state index is 14.4. The average molecular weight is 438 g/mol. The van der Waals surface area contributed by atoms with Gasteiger partial charge < -0.3 is 4.90 Å². The van der Waals surface area contributed by atoms with E-state index in [1.165, 1.54) is 24.3 Å². The number of hydrogen-bond acceptors (Lipinski definition) is 2. The Bertz CT molecular complexity index is 1090. The molecule has 3 nitrogen and oxygen atoms in total. The van der Waals surface area contributed by atoms with E-state index in [1.54, 1.807) is 17.0 Å². The Labute approximate surface area is 186 Å². The molecule has 1 amide bonds. The monoisotopic (exact) mass is 438 g/mol. The molecule has 1 fully saturated rings. The van der Waals surface area contributed by atoms with Crippen LogP contribution in [0.5, 0.6) is 0 Å². The number of amides is 1. The predicted molar refractivity (Wildman–Crippen MR) is 119 cm³/mol. The predicted octanol–water partition coefficient (Wildman–Crippen LogP) is 5.72. The Morgan fingerprint density at radius 3 is 2.28 bits per heavy atom. The fourth-order valence-electron chi connectivity index (χ4n) is 4.19. The van der Waals surface area contributed by atoms with E-state index in [4.69, 9.17) is 0 Å². The summed E-state index contributed by atoms with van der Waals surface area (Å²) in [5, 5.41) is 0. The molecule has 0 aliphatic carbocycles. The van der Waals surface area contributed by atoms with Gasteiger partial charge in [0.25, 0.3) is 5.91 Å². The SMILES string of the molecule is Cc1ccc(N(C(=O)c2ccccc2F)C2CCN(Cc3ccc(F)cc3F)CC2)cc1. The summed E-state index contributed by atoms with van der Waals surface area (Å²) in [5.41, 5.74) is 2.29. The van der Waals surface area contributed by atoms with Gasteiger partial charge in [-0.2, -0.15) is 0 Å². The second kappa shape index (κ2) is 9.57. The van der Waals surface area contributed by atoms with Gasteiger partial charge in [-0.3, -0.25) is 9.69 Å². The van der Waals surface area contributed by atoms with E-state index in [0.717, 1.165) is 17.3 Å². The van der Waals surface area contributed by atoms with E-state index in [9.17, 15) is 18.0 Å². The second-order valence-electron chi connectivity index (χ2n) is 8.23. The van der Waals surface area contributed by atoms with Gasteiger partial charge in [-0.1, -0.05) is 35.9 Å². The summed E-state index contributed by atoms with van der Waals surface area (Å²) in [6, 6.07) is 17.2. The zero-order valence-corrected chi connectivity index (χ0v) is 17.9. The number of benzene rings is 3. The first-order chi connectivity index (χ1) is 15.4. The lowest BCUT2D eigenvalue weighted by Crippen LogP contribution is -2.47. The van der Waals surface area contributed by atoms with Gasteiger partial charge in [0.2, 0.25) is 0 Å². The van der Waals surface area contributed by atoms with Gasteiger partial charge in [-0.05, 0) is 50.1 Å². The number of aryl methyl sites for hydroxylation is 1. The van der Waals surface area contributed by atoms with E-state index in [-0.39, 0.29) is 17.5 Å². The van der Waals surface area contributed by atoms with Gasteiger partial charge in [0.05, 0.1) is 5.56 Å². The van der Waals surface area contributed by atoms with Crippen LogP contribution in [0.3, 0.4) is 0 Å². The van der Waals surface area contributed by atoms with Crippen molar-refractivity contribution in [2.24, 2.45) is 0 Å². The first-order valence-electron chi connectivity index (χ1n) is 10.7. The number of likely N-dealkylation sites (tertiary alicyclic amines) is 1. The Kier molecular flexibility index (Phi) is 6.61. The molecule has 1 saturated heterocycles. The van der Waals surface area contributed by atoms with E-state index >= 15 is 0 Å². The molecule has 3 aromatic carbocycles. The normalized spacial score (nSPS) is 15.0. The van der Waals surface area contributed by atoms with Gasteiger partial charge in [0, 0.05) is 43.0 Å². The van der Waals surface area contributed by atoms with Crippen molar-refractivity contribution in [3.63, 3.8) is 0 Å². The minimum atomic E-state index is -0.592. The molecule has 0 atom stereocenters. The molecule has 1 heterocycles. The van der Waals surface area contributed by atoms with Crippen molar-refractivity contribution in [3.8, 4) is 0 Å². The summed E-state index contributed by atoms with van der Waals surface area (Å²) < 4.78 is 41.6. The molecule has 166 valence electrons. The largest absolute Gasteiger partial charge is 0.305 e. The molecule has 0 saturated carbocycles. The maximum atomic E-state index is 14.4. The summed E-state index contributed by atoms with van der Waals surface area (Å²) >= 11 is 0. The van der Waals surface area contributed by atoms with E-state index in [0.29, 0.717) is 38.0 Å². The second-order valence-corrected chi connectivity index (χ2v) is 8.23. The lowest BCUT2D eigenvalue weighted by molar-refractivity contribution is 0.0954. The Morgan fingerprint density at radius 2 is 1.62 bits per heavy atom. The standard InChI is InChI=1S/C26H25F3N2O/c1-18-6-10-21(11-7-18)31(26(32)23-4-2-3-5-24(23)28)22-12-14-30(15-13-22)17-19-8-9-20(27)16-25(19)29/h2-11,16,22H,12-15,17H2,1H3. The molecular weight excluding hydrogens is 413 g/mol. The number of piperidine rings is 1. The molecule has 0 spiro atoms. The minimum Gasteiger partial charge on any atom is -0.305 e. The van der Waals surface area contributed by atoms with Crippen molar-refractivity contribution in [2.45, 2.75) is 32.4 Å². The highest BCUT2D eigenvalue weighted by atomic mass is 19.1. The third kappa shape index (κ3) is 4.86. The summed E-state index contributed by atoms with van der Waals surface area (Å²) in [6.07, 6.45) is 1.33. The van der Waals surface area contributed by atoms with Crippen LogP contribution in [0.2, 0.25) is 0 Å². The average Bonchev–Trinajstić information content (AvgIpc) is 2.78. The van der Waals surface area contributed by atoms with Crippen LogP contribution in [0.25, 0.3) is 0 Å². The van der Waals surface area contributed by atoms with Crippen LogP contribution in [-0.4, -0.2) is 29.9 Å². The zero-order chi connectivity index (χ0) is 22.7. The third-order valence-corrected chi connectivity index (χ3v) is 5.97. The van der Waals surface area contributed by atoms with Crippen LogP contribution in [-0.2, 0) is 6.54 Å². The van der Waals surface area contributed by atoms with Crippen LogP contribution < -0.4 is 4.90 Å². The molecule has 1 aliphatic heterocycles. The van der Waals surface area contributed by atoms with Crippen LogP contribution in [0, 0.1) is 24.4 Å². The fourth-order valence-corrected chi connectivity index (χ4v) is 4.19. The number of halogens is 3. The van der Waals surface area contributed by atoms with E-state index in [2.05, 4.69) is 4.90 Å². The molecule has 32 heavy (non-hydrogen) atoms. The van der Waals surface area contributed by atoms with Gasteiger partial charge in [-0.15, -0.1) is 0 Å². The highest BCUT2D eigenvalue weighted by Crippen LogP contribution is 2.28. The van der Waals surface area contributed by atoms with Crippen LogP contribution in [0.15, 0.2) is 66.7 Å². The topological polar surface area (TPSA) is 23.6 Å². The Hall–Kier alpha value is -3.12. The molecule has 0 bridgehead atoms. The van der Waals surface area contributed by atoms with Gasteiger partial charge >= 0.3 is 0 Å². The Morgan fingerprint density at radius 1 is 0.938 bits per heavy atom. The minimum absolute atomic E-state index is 0.0453. The summed E-state index contributed by atoms with van der Waals surface area (Å²) in [7, 11) is 0. The van der Waals surface area contributed by atoms with E-state index < -0.39 is 17.5 Å². The number of carbonyl (C=O) groups is 1. The molecular formula is C26H25F3N2O. The summed E-state index contributed by atoms with van der Waals surface area (Å²) in [6.45, 7) is 3.65. The van der Waals surface area contributed by atoms with Gasteiger partial charge in [0.15, 0.2) is 0 Å². The lowest BCUT2D eigenvalue weighted by atomic mass is 9.99. The number of anilines is 1. The first-order valence-corrected chi connectivity index (χ1v) is 10.7. The Balaban J connectivity index is 1.53. The third-order valence-electron chi connectivity index (χ3n) is 5.97. The molecule has 4 rings (SSSR count). The molecule has 6 heteroatoms. The summed E-state index contributed by atoms with van der Waals surface area (Å²) in [5.74, 6) is -2.05. The van der Waals surface area contributed by atoms with Crippen molar-refractivity contribution in [3.05, 3.63) is 101 Å². The highest BCUT2D eigenvalue weighted by Gasteiger charge is 2.31. The molecule has 0 N–H and O–H groups in total. The number of nitrogens with zero attached hydrogens (tertiary/aromatic N) is 2. The van der Waals surface area contributed by atoms with Gasteiger partial charge in [-0.25, -0.2) is 13.2 Å². The summed E-state index contributed by atoms with van der Waals surface area (Å²) in [4.78, 5) is 17.2. The molecule has 0 unspecified atom stereocenters. The van der Waals surface area contributed by atoms with Crippen LogP contribution in [0.1, 0.15) is 34.3 Å². The smallest absolute Gasteiger partial charge is 0.261 e. The number of rotatable bonds is 5. The van der Waals surface area contributed by atoms with Crippen LogP contribution in [0.4, 0.5) is 18.9 Å². The molecule has 0 radical (unpaired) electrons. The molecule has 0 aromatic heterocycles. The molecule has 3 aromatic rings. The van der Waals surface area contributed by atoms with Crippen molar-refractivity contribution < 1.29 is 18.0 Å². The fraction of sp³-hybridized carbons (Fsp3) is 0.269. The van der Waals surface area contributed by atoms with Crippen molar-refractivity contribution in [1.82, 2.24) is 4.90 Å². The van der Waals surface area contributed by atoms with E-state index in [1.807, 2.05) is 31.2 Å². The maximum Gasteiger partial charge on any atom is 0.261 e. The molecule has 1 aliphatic rings. The number of hydrogen-bond donors (Lipinski definition) is 0. The number of carbonyl (C=O) groups excluding carboxylic acids is 1. The van der Waals surface area contributed by atoms with Crippen LogP contribution >= 0.6 is 0 Å². The van der Waals surface area contributed by atoms with Crippen molar-refractivity contribution in [1.29, 1.82) is 0 Å². The van der Waals surface area contributed by atoms with Crippen molar-refractivity contribution in [2.75, 3.05) is 18.0 Å². The lowest BCUT2D eigenvalue weighted by Gasteiger charge is -2.38. The van der Waals surface area contributed by atoms with Gasteiger partial charge in [0.1, 0.15) is 17.5 Å². The van der Waals surface area contributed by atoms with Crippen molar-refractivity contribution >= 4 is 11.6 Å².